The Kier molecular flexibility index (Phi) is 2.34. The first-order valence-electron chi connectivity index (χ1n) is 5.78. The molecule has 0 radical (unpaired) electrons. The minimum atomic E-state index is -0.216. The summed E-state index contributed by atoms with van der Waals surface area (Å²) >= 11 is 0. The molecule has 1 heterocycles. The Morgan fingerprint density at radius 1 is 1.13 bits per heavy atom. The molecular weight excluding hydrogens is 190 g/mol. The smallest absolute Gasteiger partial charge is 0.225 e. The number of ether oxygens (including phenoxy) is 1. The van der Waals surface area contributed by atoms with Gasteiger partial charge in [-0.05, 0) is 40.5 Å². The molecule has 2 fully saturated rings. The maximum absolute atomic E-state index is 12.0. The Bertz CT molecular complexity index is 263. The van der Waals surface area contributed by atoms with Crippen LogP contribution in [0.1, 0.15) is 40.5 Å². The van der Waals surface area contributed by atoms with Crippen LogP contribution in [0.25, 0.3) is 0 Å². The third kappa shape index (κ3) is 2.51. The van der Waals surface area contributed by atoms with Crippen LogP contribution in [0.2, 0.25) is 0 Å². The van der Waals surface area contributed by atoms with Crippen molar-refractivity contribution in [3.8, 4) is 0 Å². The molecule has 1 aliphatic heterocycles. The van der Waals surface area contributed by atoms with Gasteiger partial charge in [-0.1, -0.05) is 0 Å². The molecule has 0 aromatic carbocycles. The van der Waals surface area contributed by atoms with E-state index < -0.39 is 0 Å². The van der Waals surface area contributed by atoms with Crippen molar-refractivity contribution in [1.29, 1.82) is 0 Å². The highest BCUT2D eigenvalue weighted by atomic mass is 16.5. The average molecular weight is 211 g/mol. The molecule has 3 heteroatoms. The second-order valence-electron chi connectivity index (χ2n) is 6.09. The number of morpholine rings is 1. The molecular formula is C12H21NO2. The van der Waals surface area contributed by atoms with Gasteiger partial charge in [0.25, 0.3) is 0 Å². The minimum absolute atomic E-state index is 0.216. The Morgan fingerprint density at radius 3 is 2.00 bits per heavy atom. The summed E-state index contributed by atoms with van der Waals surface area (Å²) in [6.07, 6.45) is 2.16. The number of carbonyl (C=O) groups is 1. The van der Waals surface area contributed by atoms with Crippen LogP contribution in [-0.2, 0) is 9.53 Å². The zero-order valence-corrected chi connectivity index (χ0v) is 10.2. The van der Waals surface area contributed by atoms with E-state index >= 15 is 0 Å². The highest BCUT2D eigenvalue weighted by Gasteiger charge is 2.43. The largest absolute Gasteiger partial charge is 0.366 e. The number of hydrogen-bond donors (Lipinski definition) is 0. The number of rotatable bonds is 1. The lowest BCUT2D eigenvalue weighted by Crippen LogP contribution is -2.58. The van der Waals surface area contributed by atoms with Gasteiger partial charge in [0.1, 0.15) is 0 Å². The fourth-order valence-electron chi connectivity index (χ4n) is 2.53. The summed E-state index contributed by atoms with van der Waals surface area (Å²) in [4.78, 5) is 14.0. The Balaban J connectivity index is 2.08. The Hall–Kier alpha value is -0.570. The molecule has 2 aliphatic rings. The van der Waals surface area contributed by atoms with Gasteiger partial charge in [0.2, 0.25) is 5.91 Å². The molecule has 0 atom stereocenters. The number of carbonyl (C=O) groups excluding carboxylic acids is 1. The van der Waals surface area contributed by atoms with Crippen molar-refractivity contribution in [3.05, 3.63) is 0 Å². The number of amides is 1. The highest BCUT2D eigenvalue weighted by molar-refractivity contribution is 5.81. The number of hydrogen-bond acceptors (Lipinski definition) is 2. The van der Waals surface area contributed by atoms with Gasteiger partial charge in [-0.2, -0.15) is 0 Å². The van der Waals surface area contributed by atoms with Crippen LogP contribution < -0.4 is 0 Å². The summed E-state index contributed by atoms with van der Waals surface area (Å²) in [5.41, 5.74) is -0.432. The molecule has 0 bridgehead atoms. The molecule has 0 N–H and O–H groups in total. The van der Waals surface area contributed by atoms with E-state index in [0.717, 1.165) is 25.9 Å². The Labute approximate surface area is 91.8 Å². The zero-order chi connectivity index (χ0) is 11.3. The molecule has 86 valence electrons. The van der Waals surface area contributed by atoms with Crippen molar-refractivity contribution in [1.82, 2.24) is 4.90 Å². The third-order valence-electron chi connectivity index (χ3n) is 2.93. The predicted molar refractivity (Wildman–Crippen MR) is 58.5 cm³/mol. The maximum Gasteiger partial charge on any atom is 0.225 e. The molecule has 1 saturated heterocycles. The van der Waals surface area contributed by atoms with Crippen LogP contribution in [-0.4, -0.2) is 35.1 Å². The van der Waals surface area contributed by atoms with Crippen LogP contribution in [0.5, 0.6) is 0 Å². The van der Waals surface area contributed by atoms with Gasteiger partial charge in [-0.3, -0.25) is 4.79 Å². The second kappa shape index (κ2) is 3.21. The van der Waals surface area contributed by atoms with Crippen molar-refractivity contribution in [2.24, 2.45) is 5.92 Å². The summed E-state index contributed by atoms with van der Waals surface area (Å²) in [6, 6.07) is 0. The van der Waals surface area contributed by atoms with E-state index in [9.17, 15) is 4.79 Å². The van der Waals surface area contributed by atoms with Crippen LogP contribution in [0.4, 0.5) is 0 Å². The number of nitrogens with zero attached hydrogens (tertiary/aromatic N) is 1. The quantitative estimate of drug-likeness (QED) is 0.662. The topological polar surface area (TPSA) is 29.5 Å². The van der Waals surface area contributed by atoms with Gasteiger partial charge < -0.3 is 9.64 Å². The lowest BCUT2D eigenvalue weighted by atomic mass is 9.98. The van der Waals surface area contributed by atoms with Crippen LogP contribution in [0, 0.1) is 5.92 Å². The first kappa shape index (κ1) is 10.9. The highest BCUT2D eigenvalue weighted by Crippen LogP contribution is 2.35. The van der Waals surface area contributed by atoms with Gasteiger partial charge in [-0.15, -0.1) is 0 Å². The normalized spacial score (nSPS) is 28.9. The Morgan fingerprint density at radius 2 is 1.60 bits per heavy atom. The molecule has 0 spiro atoms. The van der Waals surface area contributed by atoms with E-state index in [4.69, 9.17) is 4.74 Å². The van der Waals surface area contributed by atoms with Crippen molar-refractivity contribution < 1.29 is 9.53 Å². The fourth-order valence-corrected chi connectivity index (χ4v) is 2.53. The molecule has 1 aliphatic carbocycles. The molecule has 0 aromatic heterocycles. The molecule has 1 amide bonds. The zero-order valence-electron chi connectivity index (χ0n) is 10.2. The van der Waals surface area contributed by atoms with Gasteiger partial charge in [0.15, 0.2) is 0 Å². The van der Waals surface area contributed by atoms with Gasteiger partial charge in [-0.25, -0.2) is 0 Å². The van der Waals surface area contributed by atoms with Gasteiger partial charge >= 0.3 is 0 Å². The van der Waals surface area contributed by atoms with Crippen LogP contribution in [0.3, 0.4) is 0 Å². The summed E-state index contributed by atoms with van der Waals surface area (Å²) in [7, 11) is 0. The molecule has 3 nitrogen and oxygen atoms in total. The average Bonchev–Trinajstić information content (AvgIpc) is 2.78. The van der Waals surface area contributed by atoms with Gasteiger partial charge in [0, 0.05) is 19.0 Å². The predicted octanol–water partition coefficient (Wildman–Crippen LogP) is 1.81. The monoisotopic (exact) mass is 211 g/mol. The lowest BCUT2D eigenvalue weighted by Gasteiger charge is -2.47. The van der Waals surface area contributed by atoms with E-state index in [1.165, 1.54) is 0 Å². The van der Waals surface area contributed by atoms with Gasteiger partial charge in [0.05, 0.1) is 11.2 Å². The van der Waals surface area contributed by atoms with E-state index in [1.54, 1.807) is 0 Å². The molecule has 2 rings (SSSR count). The van der Waals surface area contributed by atoms with E-state index in [0.29, 0.717) is 11.8 Å². The van der Waals surface area contributed by atoms with E-state index in [1.807, 2.05) is 4.90 Å². The minimum Gasteiger partial charge on any atom is -0.366 e. The van der Waals surface area contributed by atoms with Crippen LogP contribution >= 0.6 is 0 Å². The fraction of sp³-hybridized carbons (Fsp3) is 0.917. The first-order valence-corrected chi connectivity index (χ1v) is 5.78. The summed E-state index contributed by atoms with van der Waals surface area (Å²) in [5.74, 6) is 0.647. The van der Waals surface area contributed by atoms with Crippen molar-refractivity contribution >= 4 is 5.91 Å². The molecule has 15 heavy (non-hydrogen) atoms. The SMILES string of the molecule is CC1(C)CN(C(=O)C2CC2)CC(C)(C)O1. The third-order valence-corrected chi connectivity index (χ3v) is 2.93. The molecule has 1 saturated carbocycles. The van der Waals surface area contributed by atoms with Crippen molar-refractivity contribution in [2.45, 2.75) is 51.7 Å². The second-order valence-corrected chi connectivity index (χ2v) is 6.09. The summed E-state index contributed by atoms with van der Waals surface area (Å²) < 4.78 is 5.95. The van der Waals surface area contributed by atoms with E-state index in [-0.39, 0.29) is 11.2 Å². The van der Waals surface area contributed by atoms with Crippen molar-refractivity contribution in [3.63, 3.8) is 0 Å². The first-order chi connectivity index (χ1) is 6.79. The molecule has 0 unspecified atom stereocenters. The maximum atomic E-state index is 12.0. The summed E-state index contributed by atoms with van der Waals surface area (Å²) in [5, 5.41) is 0. The molecule has 0 aromatic rings. The van der Waals surface area contributed by atoms with Crippen molar-refractivity contribution in [2.75, 3.05) is 13.1 Å². The van der Waals surface area contributed by atoms with Crippen LogP contribution in [0.15, 0.2) is 0 Å². The standard InChI is InChI=1S/C12H21NO2/c1-11(2)7-13(8-12(3,4)15-11)10(14)9-5-6-9/h9H,5-8H2,1-4H3. The van der Waals surface area contributed by atoms with E-state index in [2.05, 4.69) is 27.7 Å². The lowest BCUT2D eigenvalue weighted by molar-refractivity contribution is -0.188. The summed E-state index contributed by atoms with van der Waals surface area (Å²) in [6.45, 7) is 9.68.